The molecule has 150 valence electrons. The molecular weight excluding hydrogens is 392 g/mol. The quantitative estimate of drug-likeness (QED) is 0.509. The molecule has 0 aliphatic carbocycles. The van der Waals surface area contributed by atoms with E-state index in [0.29, 0.717) is 11.5 Å². The molecular formula is C21H26N2O3S2. The summed E-state index contributed by atoms with van der Waals surface area (Å²) < 4.78 is 5.40. The molecule has 7 heteroatoms. The van der Waals surface area contributed by atoms with E-state index in [4.69, 9.17) is 4.74 Å². The van der Waals surface area contributed by atoms with Gasteiger partial charge in [-0.25, -0.2) is 9.78 Å². The molecule has 1 amide bonds. The van der Waals surface area contributed by atoms with Gasteiger partial charge in [-0.3, -0.25) is 4.79 Å². The Balaban J connectivity index is 1.50. The maximum absolute atomic E-state index is 12.5. The number of carbonyl (C=O) groups is 2. The third-order valence-corrected chi connectivity index (χ3v) is 6.74. The van der Waals surface area contributed by atoms with Crippen LogP contribution in [0.1, 0.15) is 47.7 Å². The molecule has 2 aromatic rings. The third-order valence-electron chi connectivity index (χ3n) is 4.87. The van der Waals surface area contributed by atoms with Crippen LogP contribution in [0.4, 0.5) is 0 Å². The lowest BCUT2D eigenvalue weighted by atomic mass is 9.99. The summed E-state index contributed by atoms with van der Waals surface area (Å²) in [4.78, 5) is 32.2. The van der Waals surface area contributed by atoms with Crippen molar-refractivity contribution < 1.29 is 14.3 Å². The number of benzene rings is 1. The molecule has 1 atom stereocenters. The van der Waals surface area contributed by atoms with Gasteiger partial charge in [-0.15, -0.1) is 23.1 Å². The van der Waals surface area contributed by atoms with Crippen LogP contribution in [-0.2, 0) is 15.3 Å². The molecule has 3 rings (SSSR count). The fraction of sp³-hybridized carbons (Fsp3) is 0.476. The third kappa shape index (κ3) is 5.58. The van der Waals surface area contributed by atoms with Crippen LogP contribution >= 0.6 is 23.1 Å². The van der Waals surface area contributed by atoms with Crippen molar-refractivity contribution in [2.45, 2.75) is 50.4 Å². The fourth-order valence-electron chi connectivity index (χ4n) is 3.08. The van der Waals surface area contributed by atoms with Gasteiger partial charge in [0.05, 0.1) is 16.3 Å². The summed E-state index contributed by atoms with van der Waals surface area (Å²) in [6.07, 6.45) is 1.25. The molecule has 2 heterocycles. The average molecular weight is 419 g/mol. The fourth-order valence-corrected chi connectivity index (χ4v) is 4.59. The van der Waals surface area contributed by atoms with Crippen LogP contribution in [0.3, 0.4) is 0 Å². The van der Waals surface area contributed by atoms with E-state index in [1.54, 1.807) is 47.1 Å². The van der Waals surface area contributed by atoms with E-state index in [2.05, 4.69) is 17.3 Å². The number of thioether (sulfide) groups is 1. The standard InChI is InChI=1S/C21H26N2O3S2/c1-14-8-10-23(11-9-14)20(24)15(2)26-21(25)17-4-6-19(7-5-17)28-13-18-12-27-16(3)22-18/h4-7,12,14-15H,8-11,13H2,1-3H3. The van der Waals surface area contributed by atoms with Gasteiger partial charge in [0.15, 0.2) is 6.10 Å². The van der Waals surface area contributed by atoms with Crippen LogP contribution in [0.15, 0.2) is 34.5 Å². The number of nitrogens with zero attached hydrogens (tertiary/aromatic N) is 2. The minimum Gasteiger partial charge on any atom is -0.449 e. The van der Waals surface area contributed by atoms with Crippen molar-refractivity contribution in [2.24, 2.45) is 5.92 Å². The zero-order valence-corrected chi connectivity index (χ0v) is 18.1. The van der Waals surface area contributed by atoms with E-state index >= 15 is 0 Å². The molecule has 0 N–H and O–H groups in total. The van der Waals surface area contributed by atoms with Crippen molar-refractivity contribution in [3.63, 3.8) is 0 Å². The highest BCUT2D eigenvalue weighted by Crippen LogP contribution is 2.24. The maximum atomic E-state index is 12.5. The van der Waals surface area contributed by atoms with Crippen molar-refractivity contribution in [3.8, 4) is 0 Å². The first-order valence-electron chi connectivity index (χ1n) is 9.56. The molecule has 0 radical (unpaired) electrons. The molecule has 0 spiro atoms. The minimum atomic E-state index is -0.761. The Kier molecular flexibility index (Phi) is 7.13. The Morgan fingerprint density at radius 3 is 2.57 bits per heavy atom. The number of aryl methyl sites for hydroxylation is 1. The van der Waals surface area contributed by atoms with E-state index in [1.165, 1.54) is 0 Å². The number of likely N-dealkylation sites (tertiary alicyclic amines) is 1. The largest absolute Gasteiger partial charge is 0.449 e. The molecule has 1 aromatic heterocycles. The monoisotopic (exact) mass is 418 g/mol. The lowest BCUT2D eigenvalue weighted by Crippen LogP contribution is -2.44. The summed E-state index contributed by atoms with van der Waals surface area (Å²) in [6, 6.07) is 7.30. The van der Waals surface area contributed by atoms with Crippen LogP contribution in [0.25, 0.3) is 0 Å². The number of esters is 1. The van der Waals surface area contributed by atoms with E-state index in [1.807, 2.05) is 19.1 Å². The second-order valence-corrected chi connectivity index (χ2v) is 9.34. The Hall–Kier alpha value is -1.86. The van der Waals surface area contributed by atoms with Gasteiger partial charge < -0.3 is 9.64 Å². The van der Waals surface area contributed by atoms with Crippen molar-refractivity contribution >= 4 is 35.0 Å². The maximum Gasteiger partial charge on any atom is 0.338 e. The number of piperidine rings is 1. The lowest BCUT2D eigenvalue weighted by Gasteiger charge is -2.31. The zero-order chi connectivity index (χ0) is 20.1. The van der Waals surface area contributed by atoms with Gasteiger partial charge in [-0.1, -0.05) is 6.92 Å². The molecule has 5 nitrogen and oxygen atoms in total. The molecule has 1 fully saturated rings. The van der Waals surface area contributed by atoms with Gasteiger partial charge in [-0.05, 0) is 56.9 Å². The summed E-state index contributed by atoms with van der Waals surface area (Å²) in [6.45, 7) is 7.33. The van der Waals surface area contributed by atoms with Gasteiger partial charge in [0, 0.05) is 29.1 Å². The van der Waals surface area contributed by atoms with Crippen LogP contribution in [0, 0.1) is 12.8 Å². The van der Waals surface area contributed by atoms with E-state index in [9.17, 15) is 9.59 Å². The highest BCUT2D eigenvalue weighted by atomic mass is 32.2. The Morgan fingerprint density at radius 2 is 1.96 bits per heavy atom. The number of ether oxygens (including phenoxy) is 1. The molecule has 1 aliphatic rings. The number of hydrogen-bond acceptors (Lipinski definition) is 6. The molecule has 0 bridgehead atoms. The molecule has 1 unspecified atom stereocenters. The lowest BCUT2D eigenvalue weighted by molar-refractivity contribution is -0.141. The predicted molar refractivity (Wildman–Crippen MR) is 113 cm³/mol. The molecule has 0 saturated carbocycles. The highest BCUT2D eigenvalue weighted by Gasteiger charge is 2.27. The summed E-state index contributed by atoms with van der Waals surface area (Å²) in [7, 11) is 0. The summed E-state index contributed by atoms with van der Waals surface area (Å²) in [5.41, 5.74) is 1.52. The van der Waals surface area contributed by atoms with Crippen LogP contribution in [0.5, 0.6) is 0 Å². The number of rotatable bonds is 6. The van der Waals surface area contributed by atoms with Gasteiger partial charge >= 0.3 is 5.97 Å². The van der Waals surface area contributed by atoms with Gasteiger partial charge in [-0.2, -0.15) is 0 Å². The van der Waals surface area contributed by atoms with Gasteiger partial charge in [0.2, 0.25) is 0 Å². The Labute approximate surface area is 174 Å². The SMILES string of the molecule is Cc1nc(CSc2ccc(C(=O)OC(C)C(=O)N3CCC(C)CC3)cc2)cs1. The van der Waals surface area contributed by atoms with E-state index in [0.717, 1.165) is 47.3 Å². The first-order chi connectivity index (χ1) is 13.4. The first kappa shape index (κ1) is 20.9. The first-order valence-corrected chi connectivity index (χ1v) is 11.4. The predicted octanol–water partition coefficient (Wildman–Crippen LogP) is 4.55. The number of aromatic nitrogens is 1. The molecule has 28 heavy (non-hydrogen) atoms. The normalized spacial score (nSPS) is 16.0. The van der Waals surface area contributed by atoms with Crippen molar-refractivity contribution in [2.75, 3.05) is 13.1 Å². The van der Waals surface area contributed by atoms with E-state index in [-0.39, 0.29) is 5.91 Å². The number of thiazole rings is 1. The number of amides is 1. The van der Waals surface area contributed by atoms with Crippen molar-refractivity contribution in [3.05, 3.63) is 45.9 Å². The highest BCUT2D eigenvalue weighted by molar-refractivity contribution is 7.98. The van der Waals surface area contributed by atoms with E-state index < -0.39 is 12.1 Å². The summed E-state index contributed by atoms with van der Waals surface area (Å²) >= 11 is 3.32. The molecule has 1 aliphatic heterocycles. The van der Waals surface area contributed by atoms with Gasteiger partial charge in [0.1, 0.15) is 0 Å². The van der Waals surface area contributed by atoms with Gasteiger partial charge in [0.25, 0.3) is 5.91 Å². The number of carbonyl (C=O) groups excluding carboxylic acids is 2. The smallest absolute Gasteiger partial charge is 0.338 e. The Morgan fingerprint density at radius 1 is 1.29 bits per heavy atom. The van der Waals surface area contributed by atoms with Crippen LogP contribution < -0.4 is 0 Å². The minimum absolute atomic E-state index is 0.106. The Bertz CT molecular complexity index is 811. The van der Waals surface area contributed by atoms with Crippen LogP contribution in [0.2, 0.25) is 0 Å². The topological polar surface area (TPSA) is 59.5 Å². The summed E-state index contributed by atoms with van der Waals surface area (Å²) in [5, 5.41) is 3.13. The summed E-state index contributed by atoms with van der Waals surface area (Å²) in [5.74, 6) is 0.885. The number of hydrogen-bond donors (Lipinski definition) is 0. The molecule has 1 saturated heterocycles. The second-order valence-electron chi connectivity index (χ2n) is 7.23. The van der Waals surface area contributed by atoms with Crippen LogP contribution in [-0.4, -0.2) is 41.0 Å². The average Bonchev–Trinajstić information content (AvgIpc) is 3.12. The van der Waals surface area contributed by atoms with Crippen molar-refractivity contribution in [1.82, 2.24) is 9.88 Å². The second kappa shape index (κ2) is 9.56. The zero-order valence-electron chi connectivity index (χ0n) is 16.5. The van der Waals surface area contributed by atoms with Crippen molar-refractivity contribution in [1.29, 1.82) is 0 Å². The molecule has 1 aromatic carbocycles.